The smallest absolute Gasteiger partial charge is 0.135 e. The van der Waals surface area contributed by atoms with Gasteiger partial charge in [-0.1, -0.05) is 11.6 Å². The maximum atomic E-state index is 6.93. The Bertz CT molecular complexity index is 133. The van der Waals surface area contributed by atoms with Gasteiger partial charge in [0.25, 0.3) is 0 Å². The summed E-state index contributed by atoms with van der Waals surface area (Å²) < 4.78 is 0.733. The first-order valence-corrected chi connectivity index (χ1v) is 3.97. The van der Waals surface area contributed by atoms with Crippen molar-refractivity contribution in [1.29, 1.82) is 5.41 Å². The second kappa shape index (κ2) is 5.05. The van der Waals surface area contributed by atoms with E-state index in [0.29, 0.717) is 0 Å². The molecule has 0 saturated heterocycles. The molecule has 0 amide bonds. The fourth-order valence-electron chi connectivity index (χ4n) is 0.255. The SMILES string of the molecule is CCN/C=C(/I)C(=N)Cl. The third-order valence-electron chi connectivity index (χ3n) is 0.643. The molecule has 0 aliphatic heterocycles. The van der Waals surface area contributed by atoms with Gasteiger partial charge >= 0.3 is 0 Å². The lowest BCUT2D eigenvalue weighted by atomic mass is 10.6. The van der Waals surface area contributed by atoms with Crippen molar-refractivity contribution in [1.82, 2.24) is 5.32 Å². The van der Waals surface area contributed by atoms with E-state index in [1.54, 1.807) is 6.20 Å². The number of halogens is 2. The van der Waals surface area contributed by atoms with Gasteiger partial charge in [0.05, 0.1) is 3.58 Å². The summed E-state index contributed by atoms with van der Waals surface area (Å²) in [5.41, 5.74) is 0. The first-order valence-electron chi connectivity index (χ1n) is 2.52. The summed E-state index contributed by atoms with van der Waals surface area (Å²) in [6.07, 6.45) is 1.72. The van der Waals surface area contributed by atoms with Gasteiger partial charge in [-0.2, -0.15) is 0 Å². The van der Waals surface area contributed by atoms with Crippen molar-refractivity contribution < 1.29 is 0 Å². The molecule has 0 radical (unpaired) electrons. The summed E-state index contributed by atoms with van der Waals surface area (Å²) in [6.45, 7) is 2.84. The number of hydrogen-bond donors (Lipinski definition) is 2. The Morgan fingerprint density at radius 3 is 2.78 bits per heavy atom. The number of nitrogens with one attached hydrogen (secondary N) is 2. The third-order valence-corrected chi connectivity index (χ3v) is 2.02. The predicted molar refractivity (Wildman–Crippen MR) is 49.4 cm³/mol. The maximum Gasteiger partial charge on any atom is 0.135 e. The Balaban J connectivity index is 3.69. The van der Waals surface area contributed by atoms with Crippen LogP contribution in [0.2, 0.25) is 0 Å². The van der Waals surface area contributed by atoms with Gasteiger partial charge in [-0.15, -0.1) is 0 Å². The molecule has 0 aromatic carbocycles. The van der Waals surface area contributed by atoms with Crippen LogP contribution in [0.4, 0.5) is 0 Å². The average molecular weight is 258 g/mol. The van der Waals surface area contributed by atoms with Gasteiger partial charge < -0.3 is 5.32 Å². The van der Waals surface area contributed by atoms with Gasteiger partial charge in [0, 0.05) is 12.7 Å². The normalized spacial score (nSPS) is 11.2. The van der Waals surface area contributed by atoms with Crippen molar-refractivity contribution in [2.24, 2.45) is 0 Å². The van der Waals surface area contributed by atoms with Gasteiger partial charge in [0.15, 0.2) is 0 Å². The van der Waals surface area contributed by atoms with Gasteiger partial charge in [0.2, 0.25) is 0 Å². The molecule has 0 saturated carbocycles. The highest BCUT2D eigenvalue weighted by Gasteiger charge is 1.92. The highest BCUT2D eigenvalue weighted by atomic mass is 127. The molecule has 0 fully saturated rings. The zero-order chi connectivity index (χ0) is 7.28. The minimum absolute atomic E-state index is 0.0801. The fraction of sp³-hybridized carbons (Fsp3) is 0.400. The van der Waals surface area contributed by atoms with E-state index in [1.807, 2.05) is 29.5 Å². The molecule has 0 unspecified atom stereocenters. The maximum absolute atomic E-state index is 6.93. The molecule has 0 atom stereocenters. The van der Waals surface area contributed by atoms with Crippen molar-refractivity contribution in [2.45, 2.75) is 6.92 Å². The molecule has 0 aromatic heterocycles. The van der Waals surface area contributed by atoms with Crippen LogP contribution in [0, 0.1) is 5.41 Å². The van der Waals surface area contributed by atoms with Crippen molar-refractivity contribution in [3.8, 4) is 0 Å². The monoisotopic (exact) mass is 258 g/mol. The topological polar surface area (TPSA) is 35.9 Å². The Hall–Kier alpha value is 0.230. The van der Waals surface area contributed by atoms with Gasteiger partial charge in [-0.3, -0.25) is 5.41 Å². The van der Waals surface area contributed by atoms with E-state index in [1.165, 1.54) is 0 Å². The second-order valence-electron chi connectivity index (χ2n) is 1.36. The lowest BCUT2D eigenvalue weighted by Crippen LogP contribution is -2.03. The summed E-state index contributed by atoms with van der Waals surface area (Å²) in [5.74, 6) is 0. The first-order chi connectivity index (χ1) is 4.18. The quantitative estimate of drug-likeness (QED) is 0.590. The van der Waals surface area contributed by atoms with E-state index >= 15 is 0 Å². The predicted octanol–water partition coefficient (Wildman–Crippen LogP) is 2.09. The summed E-state index contributed by atoms with van der Waals surface area (Å²) in [7, 11) is 0. The standard InChI is InChI=1S/C5H8ClIN2/c1-2-9-3-4(7)5(6)8/h3,8-9H,2H2,1H3/b4-3+,8-5?. The minimum Gasteiger partial charge on any atom is -0.390 e. The van der Waals surface area contributed by atoms with E-state index < -0.39 is 0 Å². The number of allylic oxidation sites excluding steroid dienone is 1. The lowest BCUT2D eigenvalue weighted by Gasteiger charge is -1.93. The van der Waals surface area contributed by atoms with Crippen LogP contribution in [0.15, 0.2) is 9.78 Å². The molecule has 9 heavy (non-hydrogen) atoms. The van der Waals surface area contributed by atoms with Crippen molar-refractivity contribution in [3.63, 3.8) is 0 Å². The molecule has 0 rings (SSSR count). The molecule has 52 valence electrons. The average Bonchev–Trinajstić information content (AvgIpc) is 1.82. The zero-order valence-corrected chi connectivity index (χ0v) is 7.95. The summed E-state index contributed by atoms with van der Waals surface area (Å²) >= 11 is 7.33. The minimum atomic E-state index is 0.0801. The van der Waals surface area contributed by atoms with Crippen LogP contribution in [0.25, 0.3) is 0 Å². The molecule has 0 heterocycles. The van der Waals surface area contributed by atoms with Crippen LogP contribution < -0.4 is 5.32 Å². The molecule has 2 nitrogen and oxygen atoms in total. The molecule has 4 heteroatoms. The molecule has 0 bridgehead atoms. The third kappa shape index (κ3) is 4.72. The van der Waals surface area contributed by atoms with Crippen LogP contribution in [0.1, 0.15) is 6.92 Å². The van der Waals surface area contributed by atoms with Crippen molar-refractivity contribution in [3.05, 3.63) is 9.78 Å². The largest absolute Gasteiger partial charge is 0.390 e. The Morgan fingerprint density at radius 1 is 1.89 bits per heavy atom. The highest BCUT2D eigenvalue weighted by molar-refractivity contribution is 14.1. The molecule has 0 aliphatic carbocycles. The molecule has 2 N–H and O–H groups in total. The number of hydrogen-bond acceptors (Lipinski definition) is 2. The molecule has 0 aromatic rings. The summed E-state index contributed by atoms with van der Waals surface area (Å²) in [5, 5.41) is 9.94. The van der Waals surface area contributed by atoms with Crippen molar-refractivity contribution in [2.75, 3.05) is 6.54 Å². The second-order valence-corrected chi connectivity index (χ2v) is 2.90. The van der Waals surface area contributed by atoms with Gasteiger partial charge in [-0.05, 0) is 29.5 Å². The first kappa shape index (κ1) is 9.23. The van der Waals surface area contributed by atoms with Crippen molar-refractivity contribution >= 4 is 39.4 Å². The molecule has 0 spiro atoms. The molecular formula is C5H8ClIN2. The van der Waals surface area contributed by atoms with Crippen LogP contribution in [0.3, 0.4) is 0 Å². The van der Waals surface area contributed by atoms with E-state index in [0.717, 1.165) is 10.1 Å². The van der Waals surface area contributed by atoms with Crippen LogP contribution in [-0.2, 0) is 0 Å². The van der Waals surface area contributed by atoms with E-state index in [9.17, 15) is 0 Å². The molecular weight excluding hydrogens is 250 g/mol. The van der Waals surface area contributed by atoms with E-state index in [4.69, 9.17) is 17.0 Å². The zero-order valence-electron chi connectivity index (χ0n) is 5.04. The lowest BCUT2D eigenvalue weighted by molar-refractivity contribution is 0.920. The van der Waals surface area contributed by atoms with Gasteiger partial charge in [-0.25, -0.2) is 0 Å². The summed E-state index contributed by atoms with van der Waals surface area (Å²) in [4.78, 5) is 0. The van der Waals surface area contributed by atoms with Gasteiger partial charge in [0.1, 0.15) is 5.17 Å². The summed E-state index contributed by atoms with van der Waals surface area (Å²) in [6, 6.07) is 0. The van der Waals surface area contributed by atoms with E-state index in [2.05, 4.69) is 5.32 Å². The molecule has 0 aliphatic rings. The van der Waals surface area contributed by atoms with Crippen LogP contribution in [0.5, 0.6) is 0 Å². The van der Waals surface area contributed by atoms with Crippen LogP contribution >= 0.6 is 34.2 Å². The Kier molecular flexibility index (Phi) is 5.18. The Morgan fingerprint density at radius 2 is 2.44 bits per heavy atom. The fourth-order valence-corrected chi connectivity index (χ4v) is 0.530. The Labute approximate surface area is 73.3 Å². The highest BCUT2D eigenvalue weighted by Crippen LogP contribution is 2.07. The van der Waals surface area contributed by atoms with E-state index in [-0.39, 0.29) is 5.17 Å². The van der Waals surface area contributed by atoms with Crippen LogP contribution in [-0.4, -0.2) is 11.7 Å². The number of rotatable bonds is 3.